The molecule has 0 aliphatic carbocycles. The molecule has 20 heavy (non-hydrogen) atoms. The molecule has 1 heterocycles. The lowest BCUT2D eigenvalue weighted by Gasteiger charge is -2.27. The van der Waals surface area contributed by atoms with E-state index in [1.54, 1.807) is 29.6 Å². The second kappa shape index (κ2) is 6.03. The van der Waals surface area contributed by atoms with Gasteiger partial charge in [-0.25, -0.2) is 8.42 Å². The van der Waals surface area contributed by atoms with Gasteiger partial charge in [-0.15, -0.1) is 0 Å². The number of sulfonamides is 1. The third-order valence-corrected chi connectivity index (χ3v) is 6.29. The van der Waals surface area contributed by atoms with Crippen LogP contribution in [0.3, 0.4) is 0 Å². The van der Waals surface area contributed by atoms with Crippen LogP contribution in [-0.2, 0) is 10.0 Å². The van der Waals surface area contributed by atoms with E-state index in [-0.39, 0.29) is 6.04 Å². The topological polar surface area (TPSA) is 46.6 Å². The summed E-state index contributed by atoms with van der Waals surface area (Å²) >= 11 is 3.34. The minimum absolute atomic E-state index is 0.0980. The molecule has 4 nitrogen and oxygen atoms in total. The summed E-state index contributed by atoms with van der Waals surface area (Å²) in [5, 5.41) is 0. The molecule has 6 heteroatoms. The van der Waals surface area contributed by atoms with Crippen molar-refractivity contribution < 1.29 is 13.2 Å². The lowest BCUT2D eigenvalue weighted by molar-refractivity contribution is 0.315. The van der Waals surface area contributed by atoms with Gasteiger partial charge in [0.05, 0.1) is 16.5 Å². The van der Waals surface area contributed by atoms with Crippen molar-refractivity contribution in [3.8, 4) is 5.75 Å². The fourth-order valence-corrected chi connectivity index (χ4v) is 5.22. The Morgan fingerprint density at radius 3 is 2.65 bits per heavy atom. The van der Waals surface area contributed by atoms with E-state index in [2.05, 4.69) is 29.8 Å². The highest BCUT2D eigenvalue weighted by atomic mass is 79.9. The van der Waals surface area contributed by atoms with E-state index in [0.717, 1.165) is 12.8 Å². The minimum atomic E-state index is -3.43. The Morgan fingerprint density at radius 2 is 2.10 bits per heavy atom. The molecule has 1 atom stereocenters. The summed E-state index contributed by atoms with van der Waals surface area (Å²) < 4.78 is 33.0. The Labute approximate surface area is 129 Å². The highest BCUT2D eigenvalue weighted by Gasteiger charge is 2.36. The third kappa shape index (κ3) is 2.87. The van der Waals surface area contributed by atoms with Gasteiger partial charge in [0.1, 0.15) is 5.75 Å². The molecule has 0 bridgehead atoms. The highest BCUT2D eigenvalue weighted by Crippen LogP contribution is 2.33. The van der Waals surface area contributed by atoms with Crippen molar-refractivity contribution in [1.29, 1.82) is 0 Å². The van der Waals surface area contributed by atoms with Crippen LogP contribution in [0.25, 0.3) is 0 Å². The van der Waals surface area contributed by atoms with E-state index < -0.39 is 10.0 Å². The van der Waals surface area contributed by atoms with Crippen LogP contribution >= 0.6 is 15.9 Å². The molecule has 1 fully saturated rings. The monoisotopic (exact) mass is 361 g/mol. The van der Waals surface area contributed by atoms with Crippen LogP contribution in [-0.4, -0.2) is 32.4 Å². The summed E-state index contributed by atoms with van der Waals surface area (Å²) in [7, 11) is -1.87. The number of hydrogen-bond acceptors (Lipinski definition) is 3. The Bertz CT molecular complexity index is 586. The normalized spacial score (nSPS) is 20.6. The largest absolute Gasteiger partial charge is 0.496 e. The lowest BCUT2D eigenvalue weighted by atomic mass is 10.0. The fraction of sp³-hybridized carbons (Fsp3) is 0.571. The van der Waals surface area contributed by atoms with Crippen LogP contribution < -0.4 is 4.74 Å². The molecule has 0 amide bonds. The van der Waals surface area contributed by atoms with Crippen LogP contribution in [0.4, 0.5) is 0 Å². The Morgan fingerprint density at radius 1 is 1.40 bits per heavy atom. The van der Waals surface area contributed by atoms with Crippen molar-refractivity contribution in [2.45, 2.75) is 37.6 Å². The van der Waals surface area contributed by atoms with Crippen molar-refractivity contribution in [2.75, 3.05) is 13.7 Å². The zero-order valence-electron chi connectivity index (χ0n) is 12.0. The van der Waals surface area contributed by atoms with E-state index in [1.807, 2.05) is 0 Å². The quantitative estimate of drug-likeness (QED) is 0.826. The van der Waals surface area contributed by atoms with Gasteiger partial charge in [-0.1, -0.05) is 13.8 Å². The highest BCUT2D eigenvalue weighted by molar-refractivity contribution is 9.10. The first-order valence-electron chi connectivity index (χ1n) is 6.73. The molecule has 1 aromatic rings. The third-order valence-electron chi connectivity index (χ3n) is 3.75. The summed E-state index contributed by atoms with van der Waals surface area (Å²) in [5.74, 6) is 0.958. The molecular weight excluding hydrogens is 342 g/mol. The van der Waals surface area contributed by atoms with Crippen molar-refractivity contribution in [3.05, 3.63) is 22.7 Å². The van der Waals surface area contributed by atoms with Gasteiger partial charge in [-0.2, -0.15) is 4.31 Å². The summed E-state index contributed by atoms with van der Waals surface area (Å²) in [5.41, 5.74) is 0. The van der Waals surface area contributed by atoms with E-state index in [9.17, 15) is 8.42 Å². The molecule has 0 radical (unpaired) electrons. The van der Waals surface area contributed by atoms with E-state index >= 15 is 0 Å². The van der Waals surface area contributed by atoms with Crippen LogP contribution in [0, 0.1) is 5.92 Å². The maximum absolute atomic E-state index is 12.8. The van der Waals surface area contributed by atoms with Gasteiger partial charge in [-0.3, -0.25) is 0 Å². The first-order chi connectivity index (χ1) is 9.37. The average molecular weight is 362 g/mol. The van der Waals surface area contributed by atoms with Crippen molar-refractivity contribution in [2.24, 2.45) is 5.92 Å². The van der Waals surface area contributed by atoms with E-state index in [4.69, 9.17) is 4.74 Å². The molecule has 0 aromatic heterocycles. The van der Waals surface area contributed by atoms with Gasteiger partial charge in [0, 0.05) is 12.6 Å². The molecule has 0 spiro atoms. The Kier molecular flexibility index (Phi) is 4.76. The SMILES string of the molecule is COc1ccc(S(=O)(=O)N2CCCC2C(C)C)cc1Br. The molecule has 1 aromatic carbocycles. The number of nitrogens with zero attached hydrogens (tertiary/aromatic N) is 1. The van der Waals surface area contributed by atoms with Gasteiger partial charge in [0.15, 0.2) is 0 Å². The predicted octanol–water partition coefficient (Wildman–Crippen LogP) is 3.27. The Balaban J connectivity index is 2.37. The molecule has 1 aliphatic heterocycles. The van der Waals surface area contributed by atoms with E-state index in [0.29, 0.717) is 27.6 Å². The second-order valence-electron chi connectivity index (χ2n) is 5.37. The number of ether oxygens (including phenoxy) is 1. The van der Waals surface area contributed by atoms with Crippen LogP contribution in [0.2, 0.25) is 0 Å². The average Bonchev–Trinajstić information content (AvgIpc) is 2.88. The molecule has 1 unspecified atom stereocenters. The number of halogens is 1. The minimum Gasteiger partial charge on any atom is -0.496 e. The van der Waals surface area contributed by atoms with Crippen molar-refractivity contribution in [1.82, 2.24) is 4.31 Å². The van der Waals surface area contributed by atoms with Crippen LogP contribution in [0.15, 0.2) is 27.6 Å². The number of benzene rings is 1. The summed E-state index contributed by atoms with van der Waals surface area (Å²) in [6.07, 6.45) is 1.87. The molecule has 1 saturated heterocycles. The van der Waals surface area contributed by atoms with Crippen LogP contribution in [0.1, 0.15) is 26.7 Å². The first kappa shape index (κ1) is 15.8. The zero-order valence-corrected chi connectivity index (χ0v) is 14.4. The zero-order chi connectivity index (χ0) is 14.9. The molecule has 112 valence electrons. The maximum Gasteiger partial charge on any atom is 0.243 e. The molecule has 1 aliphatic rings. The maximum atomic E-state index is 12.8. The number of methoxy groups -OCH3 is 1. The van der Waals surface area contributed by atoms with Gasteiger partial charge in [-0.05, 0) is 52.9 Å². The number of rotatable bonds is 4. The summed E-state index contributed by atoms with van der Waals surface area (Å²) in [6, 6.07) is 5.00. The van der Waals surface area contributed by atoms with Gasteiger partial charge in [0.2, 0.25) is 10.0 Å². The predicted molar refractivity (Wildman–Crippen MR) is 82.4 cm³/mol. The smallest absolute Gasteiger partial charge is 0.243 e. The second-order valence-corrected chi connectivity index (χ2v) is 8.11. The Hall–Kier alpha value is -0.590. The molecular formula is C14H20BrNO3S. The summed E-state index contributed by atoms with van der Waals surface area (Å²) in [6.45, 7) is 4.75. The van der Waals surface area contributed by atoms with E-state index in [1.165, 1.54) is 0 Å². The molecule has 0 N–H and O–H groups in total. The van der Waals surface area contributed by atoms with Crippen molar-refractivity contribution in [3.63, 3.8) is 0 Å². The van der Waals surface area contributed by atoms with Crippen LogP contribution in [0.5, 0.6) is 5.75 Å². The standard InChI is InChI=1S/C14H20BrNO3S/c1-10(2)13-5-4-8-16(13)20(17,18)11-6-7-14(19-3)12(15)9-11/h6-7,9-10,13H,4-5,8H2,1-3H3. The lowest BCUT2D eigenvalue weighted by Crippen LogP contribution is -2.38. The fourth-order valence-electron chi connectivity index (χ4n) is 2.67. The van der Waals surface area contributed by atoms with Crippen molar-refractivity contribution >= 4 is 26.0 Å². The number of hydrogen-bond donors (Lipinski definition) is 0. The first-order valence-corrected chi connectivity index (χ1v) is 8.96. The van der Waals surface area contributed by atoms with Gasteiger partial charge in [0.25, 0.3) is 0 Å². The summed E-state index contributed by atoms with van der Waals surface area (Å²) in [4.78, 5) is 0.317. The van der Waals surface area contributed by atoms with Gasteiger partial charge >= 0.3 is 0 Å². The molecule has 2 rings (SSSR count). The van der Waals surface area contributed by atoms with Gasteiger partial charge < -0.3 is 4.74 Å². The molecule has 0 saturated carbocycles.